The molecule has 0 aliphatic carbocycles. The molecule has 8 heteroatoms. The molecule has 0 aromatic carbocycles. The summed E-state index contributed by atoms with van der Waals surface area (Å²) in [5.41, 5.74) is -1.31. The summed E-state index contributed by atoms with van der Waals surface area (Å²) >= 11 is 0. The molecule has 2 rings (SSSR count). The van der Waals surface area contributed by atoms with Gasteiger partial charge in [-0.25, -0.2) is 9.59 Å². The molecular weight excluding hydrogens is 278 g/mol. The summed E-state index contributed by atoms with van der Waals surface area (Å²) in [4.78, 5) is 36.7. The first-order chi connectivity index (χ1) is 10.0. The molecule has 0 aromatic heterocycles. The molecule has 0 atom stereocenters. The quantitative estimate of drug-likeness (QED) is 0.651. The van der Waals surface area contributed by atoms with E-state index in [-0.39, 0.29) is 25.3 Å². The van der Waals surface area contributed by atoms with Crippen molar-refractivity contribution in [1.29, 1.82) is 0 Å². The number of carbonyl (C=O) groups excluding carboxylic acids is 2. The van der Waals surface area contributed by atoms with Gasteiger partial charge in [-0.3, -0.25) is 4.79 Å². The van der Waals surface area contributed by atoms with Crippen LogP contribution in [0.5, 0.6) is 0 Å². The number of nitrogens with zero attached hydrogens (tertiary/aromatic N) is 1. The van der Waals surface area contributed by atoms with Gasteiger partial charge in [0.05, 0.1) is 6.54 Å². The summed E-state index contributed by atoms with van der Waals surface area (Å²) < 4.78 is 5.13. The predicted octanol–water partition coefficient (Wildman–Crippen LogP) is -0.458. The van der Waals surface area contributed by atoms with Crippen molar-refractivity contribution in [1.82, 2.24) is 15.5 Å². The Bertz CT molecular complexity index is 414. The van der Waals surface area contributed by atoms with Crippen LogP contribution in [0.4, 0.5) is 4.79 Å². The van der Waals surface area contributed by atoms with Gasteiger partial charge in [-0.15, -0.1) is 0 Å². The van der Waals surface area contributed by atoms with E-state index in [0.29, 0.717) is 13.2 Å². The van der Waals surface area contributed by atoms with Crippen molar-refractivity contribution in [2.45, 2.75) is 31.2 Å². The zero-order valence-corrected chi connectivity index (χ0v) is 11.9. The third kappa shape index (κ3) is 3.84. The SMILES string of the molecule is O=C(NCC(=O)N1CCCC1)NC1(C(=O)O)CCOCC1. The zero-order chi connectivity index (χ0) is 15.3. The van der Waals surface area contributed by atoms with Crippen LogP contribution >= 0.6 is 0 Å². The van der Waals surface area contributed by atoms with E-state index < -0.39 is 17.5 Å². The normalized spacial score (nSPS) is 20.9. The number of carboxylic acids is 1. The van der Waals surface area contributed by atoms with Gasteiger partial charge in [-0.1, -0.05) is 0 Å². The van der Waals surface area contributed by atoms with Crippen LogP contribution in [0.25, 0.3) is 0 Å². The van der Waals surface area contributed by atoms with Gasteiger partial charge in [-0.2, -0.15) is 0 Å². The van der Waals surface area contributed by atoms with Crippen LogP contribution in [0.15, 0.2) is 0 Å². The Hall–Kier alpha value is -1.83. The molecule has 0 radical (unpaired) electrons. The molecule has 0 saturated carbocycles. The number of ether oxygens (including phenoxy) is 1. The van der Waals surface area contributed by atoms with Gasteiger partial charge in [0, 0.05) is 39.1 Å². The maximum atomic E-state index is 11.8. The third-order valence-corrected chi connectivity index (χ3v) is 3.97. The lowest BCUT2D eigenvalue weighted by atomic mass is 9.90. The number of carbonyl (C=O) groups is 3. The van der Waals surface area contributed by atoms with Crippen LogP contribution in [0.3, 0.4) is 0 Å². The Morgan fingerprint density at radius 2 is 1.76 bits per heavy atom. The highest BCUT2D eigenvalue weighted by atomic mass is 16.5. The van der Waals surface area contributed by atoms with Crippen LogP contribution in [0, 0.1) is 0 Å². The van der Waals surface area contributed by atoms with E-state index >= 15 is 0 Å². The maximum Gasteiger partial charge on any atom is 0.329 e. The van der Waals surface area contributed by atoms with E-state index in [2.05, 4.69) is 10.6 Å². The van der Waals surface area contributed by atoms with Gasteiger partial charge in [0.2, 0.25) is 5.91 Å². The second-order valence-electron chi connectivity index (χ2n) is 5.40. The fourth-order valence-corrected chi connectivity index (χ4v) is 2.61. The highest BCUT2D eigenvalue weighted by Crippen LogP contribution is 2.20. The van der Waals surface area contributed by atoms with Crippen LogP contribution in [-0.4, -0.2) is 66.3 Å². The molecule has 2 aliphatic rings. The number of nitrogens with one attached hydrogen (secondary N) is 2. The smallest absolute Gasteiger partial charge is 0.329 e. The number of likely N-dealkylation sites (tertiary alicyclic amines) is 1. The molecule has 118 valence electrons. The first-order valence-corrected chi connectivity index (χ1v) is 7.18. The molecule has 3 N–H and O–H groups in total. The molecular formula is C13H21N3O5. The Labute approximate surface area is 122 Å². The number of rotatable bonds is 4. The van der Waals surface area contributed by atoms with Gasteiger partial charge >= 0.3 is 12.0 Å². The highest BCUT2D eigenvalue weighted by Gasteiger charge is 2.41. The number of urea groups is 1. The third-order valence-electron chi connectivity index (χ3n) is 3.97. The van der Waals surface area contributed by atoms with Crippen molar-refractivity contribution < 1.29 is 24.2 Å². The van der Waals surface area contributed by atoms with Crippen molar-refractivity contribution in [2.24, 2.45) is 0 Å². The van der Waals surface area contributed by atoms with E-state index in [1.807, 2.05) is 0 Å². The summed E-state index contributed by atoms with van der Waals surface area (Å²) in [5, 5.41) is 14.2. The first-order valence-electron chi connectivity index (χ1n) is 7.18. The largest absolute Gasteiger partial charge is 0.480 e. The average Bonchev–Trinajstić information content (AvgIpc) is 3.00. The van der Waals surface area contributed by atoms with E-state index in [9.17, 15) is 19.5 Å². The molecule has 0 bridgehead atoms. The maximum absolute atomic E-state index is 11.8. The fourth-order valence-electron chi connectivity index (χ4n) is 2.61. The lowest BCUT2D eigenvalue weighted by molar-refractivity contribution is -0.148. The van der Waals surface area contributed by atoms with Gasteiger partial charge in [0.15, 0.2) is 0 Å². The molecule has 2 saturated heterocycles. The second-order valence-corrected chi connectivity index (χ2v) is 5.40. The minimum absolute atomic E-state index is 0.113. The van der Waals surface area contributed by atoms with Gasteiger partial charge in [-0.05, 0) is 12.8 Å². The molecule has 8 nitrogen and oxygen atoms in total. The van der Waals surface area contributed by atoms with Crippen molar-refractivity contribution in [3.8, 4) is 0 Å². The molecule has 0 unspecified atom stereocenters. The van der Waals surface area contributed by atoms with Gasteiger partial charge < -0.3 is 25.4 Å². The summed E-state index contributed by atoms with van der Waals surface area (Å²) in [6.45, 7) is 1.91. The van der Waals surface area contributed by atoms with E-state index in [1.165, 1.54) is 0 Å². The summed E-state index contributed by atoms with van der Waals surface area (Å²) in [6, 6.07) is -0.633. The number of hydrogen-bond acceptors (Lipinski definition) is 4. The monoisotopic (exact) mass is 299 g/mol. The fraction of sp³-hybridized carbons (Fsp3) is 0.769. The number of amides is 3. The number of hydrogen-bond donors (Lipinski definition) is 3. The Balaban J connectivity index is 1.82. The lowest BCUT2D eigenvalue weighted by Crippen LogP contribution is -2.60. The molecule has 3 amide bonds. The number of carboxylic acid groups (broad SMARTS) is 1. The molecule has 0 aromatic rings. The molecule has 2 heterocycles. The van der Waals surface area contributed by atoms with Crippen molar-refractivity contribution >= 4 is 17.9 Å². The predicted molar refractivity (Wildman–Crippen MR) is 72.8 cm³/mol. The molecule has 21 heavy (non-hydrogen) atoms. The van der Waals surface area contributed by atoms with Gasteiger partial charge in [0.1, 0.15) is 5.54 Å². The Kier molecular flexibility index (Phi) is 5.00. The summed E-state index contributed by atoms with van der Waals surface area (Å²) in [7, 11) is 0. The van der Waals surface area contributed by atoms with E-state index in [4.69, 9.17) is 4.74 Å². The van der Waals surface area contributed by atoms with Crippen LogP contribution in [0.1, 0.15) is 25.7 Å². The summed E-state index contributed by atoms with van der Waals surface area (Å²) in [6.07, 6.45) is 2.41. The minimum Gasteiger partial charge on any atom is -0.480 e. The van der Waals surface area contributed by atoms with E-state index in [1.54, 1.807) is 4.90 Å². The highest BCUT2D eigenvalue weighted by molar-refractivity contribution is 5.88. The topological polar surface area (TPSA) is 108 Å². The molecule has 2 fully saturated rings. The first kappa shape index (κ1) is 15.6. The average molecular weight is 299 g/mol. The van der Waals surface area contributed by atoms with Crippen molar-refractivity contribution in [3.05, 3.63) is 0 Å². The lowest BCUT2D eigenvalue weighted by Gasteiger charge is -2.33. The Morgan fingerprint density at radius 3 is 2.33 bits per heavy atom. The van der Waals surface area contributed by atoms with Crippen molar-refractivity contribution in [3.63, 3.8) is 0 Å². The summed E-state index contributed by atoms with van der Waals surface area (Å²) in [5.74, 6) is -1.22. The molecule has 2 aliphatic heterocycles. The second kappa shape index (κ2) is 6.75. The number of aliphatic carboxylic acids is 1. The molecule has 0 spiro atoms. The zero-order valence-electron chi connectivity index (χ0n) is 11.9. The van der Waals surface area contributed by atoms with E-state index in [0.717, 1.165) is 25.9 Å². The minimum atomic E-state index is -1.31. The van der Waals surface area contributed by atoms with Crippen LogP contribution in [0.2, 0.25) is 0 Å². The van der Waals surface area contributed by atoms with Gasteiger partial charge in [0.25, 0.3) is 0 Å². The Morgan fingerprint density at radius 1 is 1.14 bits per heavy atom. The van der Waals surface area contributed by atoms with Crippen LogP contribution < -0.4 is 10.6 Å². The van der Waals surface area contributed by atoms with Crippen LogP contribution in [-0.2, 0) is 14.3 Å². The standard InChI is InChI=1S/C13H21N3O5/c17-10(16-5-1-2-6-16)9-14-12(20)15-13(11(18)19)3-7-21-8-4-13/h1-9H2,(H,18,19)(H2,14,15,20). The van der Waals surface area contributed by atoms with Crippen molar-refractivity contribution in [2.75, 3.05) is 32.8 Å².